The maximum atomic E-state index is 13.1. The molecule has 0 amide bonds. The molecule has 5 nitrogen and oxygen atoms in total. The summed E-state index contributed by atoms with van der Waals surface area (Å²) in [6.45, 7) is 0.234. The number of sulfonamides is 1. The Morgan fingerprint density at radius 1 is 1.04 bits per heavy atom. The standard InChI is InChI=1S/C19H20F3NO4S/c1-26-17-9-8-13(11-18(17)27-2)16-7-4-10-23(16)28(24,25)15-6-3-5-14(12-15)19(20,21)22/h3,5-6,8-9,11-12,16H,4,7,10H2,1-2H3. The fourth-order valence-electron chi connectivity index (χ4n) is 3.39. The minimum absolute atomic E-state index is 0.234. The van der Waals surface area contributed by atoms with Gasteiger partial charge < -0.3 is 9.47 Å². The Morgan fingerprint density at radius 3 is 2.39 bits per heavy atom. The van der Waals surface area contributed by atoms with Gasteiger partial charge in [0.2, 0.25) is 10.0 Å². The van der Waals surface area contributed by atoms with Gasteiger partial charge >= 0.3 is 6.18 Å². The Hall–Kier alpha value is -2.26. The van der Waals surface area contributed by atoms with Crippen molar-refractivity contribution in [3.8, 4) is 11.5 Å². The van der Waals surface area contributed by atoms with Crippen LogP contribution in [0.3, 0.4) is 0 Å². The predicted molar refractivity (Wildman–Crippen MR) is 96.9 cm³/mol. The van der Waals surface area contributed by atoms with Crippen LogP contribution in [0.5, 0.6) is 11.5 Å². The van der Waals surface area contributed by atoms with Crippen molar-refractivity contribution in [3.63, 3.8) is 0 Å². The van der Waals surface area contributed by atoms with Crippen LogP contribution in [0.25, 0.3) is 0 Å². The van der Waals surface area contributed by atoms with Crippen LogP contribution in [-0.4, -0.2) is 33.5 Å². The molecule has 0 saturated carbocycles. The second-order valence-corrected chi connectivity index (χ2v) is 8.30. The fraction of sp³-hybridized carbons (Fsp3) is 0.368. The summed E-state index contributed by atoms with van der Waals surface area (Å²) in [5.74, 6) is 0.972. The van der Waals surface area contributed by atoms with Crippen molar-refractivity contribution in [1.82, 2.24) is 4.31 Å². The Balaban J connectivity index is 1.98. The first-order valence-corrected chi connectivity index (χ1v) is 10.0. The van der Waals surface area contributed by atoms with Crippen LogP contribution >= 0.6 is 0 Å². The van der Waals surface area contributed by atoms with Crippen molar-refractivity contribution < 1.29 is 31.1 Å². The normalized spacial score (nSPS) is 18.2. The van der Waals surface area contributed by atoms with E-state index in [1.165, 1.54) is 24.6 Å². The van der Waals surface area contributed by atoms with Crippen molar-refractivity contribution in [2.45, 2.75) is 30.0 Å². The highest BCUT2D eigenvalue weighted by molar-refractivity contribution is 7.89. The minimum atomic E-state index is -4.61. The summed E-state index contributed by atoms with van der Waals surface area (Å²) >= 11 is 0. The molecule has 9 heteroatoms. The highest BCUT2D eigenvalue weighted by Gasteiger charge is 2.38. The number of alkyl halides is 3. The van der Waals surface area contributed by atoms with Crippen molar-refractivity contribution in [2.75, 3.05) is 20.8 Å². The zero-order valence-electron chi connectivity index (χ0n) is 15.4. The van der Waals surface area contributed by atoms with Gasteiger partial charge in [-0.15, -0.1) is 0 Å². The van der Waals surface area contributed by atoms with Crippen LogP contribution in [0.2, 0.25) is 0 Å². The average Bonchev–Trinajstić information content (AvgIpc) is 3.17. The Bertz CT molecular complexity index is 960. The molecule has 0 spiro atoms. The van der Waals surface area contributed by atoms with Crippen molar-refractivity contribution >= 4 is 10.0 Å². The van der Waals surface area contributed by atoms with Gasteiger partial charge in [-0.3, -0.25) is 0 Å². The zero-order valence-corrected chi connectivity index (χ0v) is 16.2. The van der Waals surface area contributed by atoms with Crippen molar-refractivity contribution in [1.29, 1.82) is 0 Å². The van der Waals surface area contributed by atoms with Gasteiger partial charge in [0.25, 0.3) is 0 Å². The van der Waals surface area contributed by atoms with Crippen LogP contribution in [0.1, 0.15) is 30.0 Å². The molecule has 1 fully saturated rings. The highest BCUT2D eigenvalue weighted by Crippen LogP contribution is 2.40. The van der Waals surface area contributed by atoms with Gasteiger partial charge in [0, 0.05) is 6.54 Å². The second-order valence-electron chi connectivity index (χ2n) is 6.41. The lowest BCUT2D eigenvalue weighted by Gasteiger charge is -2.25. The third-order valence-electron chi connectivity index (χ3n) is 4.76. The van der Waals surface area contributed by atoms with Gasteiger partial charge in [-0.05, 0) is 48.7 Å². The number of hydrogen-bond acceptors (Lipinski definition) is 4. The van der Waals surface area contributed by atoms with E-state index >= 15 is 0 Å². The number of ether oxygens (including phenoxy) is 2. The van der Waals surface area contributed by atoms with E-state index in [-0.39, 0.29) is 11.4 Å². The molecule has 1 aliphatic heterocycles. The third-order valence-corrected chi connectivity index (χ3v) is 6.67. The summed E-state index contributed by atoms with van der Waals surface area (Å²) in [6, 6.07) is 8.47. The number of methoxy groups -OCH3 is 2. The number of rotatable bonds is 5. The van der Waals surface area contributed by atoms with Gasteiger partial charge in [-0.25, -0.2) is 8.42 Å². The summed E-state index contributed by atoms with van der Waals surface area (Å²) in [5, 5.41) is 0. The molecule has 0 bridgehead atoms. The van der Waals surface area contributed by atoms with E-state index in [9.17, 15) is 21.6 Å². The molecule has 2 aromatic carbocycles. The fourth-order valence-corrected chi connectivity index (χ4v) is 5.12. The zero-order chi connectivity index (χ0) is 20.5. The van der Waals surface area contributed by atoms with E-state index in [0.29, 0.717) is 36.0 Å². The highest BCUT2D eigenvalue weighted by atomic mass is 32.2. The van der Waals surface area contributed by atoms with Crippen LogP contribution in [0.4, 0.5) is 13.2 Å². The Morgan fingerprint density at radius 2 is 1.75 bits per heavy atom. The van der Waals surface area contributed by atoms with Crippen LogP contribution in [0, 0.1) is 0 Å². The monoisotopic (exact) mass is 415 g/mol. The van der Waals surface area contributed by atoms with Crippen LogP contribution in [0.15, 0.2) is 47.4 Å². The molecular weight excluding hydrogens is 395 g/mol. The first-order valence-electron chi connectivity index (χ1n) is 8.59. The molecule has 3 rings (SSSR count). The average molecular weight is 415 g/mol. The van der Waals surface area contributed by atoms with Crippen LogP contribution < -0.4 is 9.47 Å². The number of hydrogen-bond donors (Lipinski definition) is 0. The maximum absolute atomic E-state index is 13.1. The van der Waals surface area contributed by atoms with Gasteiger partial charge in [-0.2, -0.15) is 17.5 Å². The first kappa shape index (κ1) is 20.5. The molecular formula is C19H20F3NO4S. The predicted octanol–water partition coefficient (Wildman–Crippen LogP) is 4.25. The summed E-state index contributed by atoms with van der Waals surface area (Å²) in [7, 11) is -1.12. The number of nitrogens with zero attached hydrogens (tertiary/aromatic N) is 1. The molecule has 28 heavy (non-hydrogen) atoms. The number of halogens is 3. The summed E-state index contributed by atoms with van der Waals surface area (Å²) in [4.78, 5) is -0.366. The molecule has 1 unspecified atom stereocenters. The molecule has 1 saturated heterocycles. The molecule has 1 atom stereocenters. The molecule has 152 valence electrons. The van der Waals surface area contributed by atoms with Gasteiger partial charge in [0.1, 0.15) is 0 Å². The van der Waals surface area contributed by atoms with Crippen LogP contribution in [-0.2, 0) is 16.2 Å². The maximum Gasteiger partial charge on any atom is 0.416 e. The Labute approximate surface area is 161 Å². The molecule has 1 heterocycles. The van der Waals surface area contributed by atoms with Gasteiger partial charge in [0.15, 0.2) is 11.5 Å². The second kappa shape index (κ2) is 7.63. The lowest BCUT2D eigenvalue weighted by atomic mass is 10.0. The van der Waals surface area contributed by atoms with E-state index in [2.05, 4.69) is 0 Å². The third kappa shape index (κ3) is 3.81. The topological polar surface area (TPSA) is 55.8 Å². The van der Waals surface area contributed by atoms with E-state index < -0.39 is 27.8 Å². The van der Waals surface area contributed by atoms with Gasteiger partial charge in [-0.1, -0.05) is 12.1 Å². The molecule has 0 N–H and O–H groups in total. The number of benzene rings is 2. The van der Waals surface area contributed by atoms with Gasteiger partial charge in [0.05, 0.1) is 30.7 Å². The first-order chi connectivity index (χ1) is 13.2. The molecule has 2 aromatic rings. The van der Waals surface area contributed by atoms with Crippen molar-refractivity contribution in [2.24, 2.45) is 0 Å². The summed E-state index contributed by atoms with van der Waals surface area (Å²) < 4.78 is 76.9. The van der Waals surface area contributed by atoms with E-state index in [1.807, 2.05) is 0 Å². The van der Waals surface area contributed by atoms with E-state index in [1.54, 1.807) is 18.2 Å². The molecule has 0 aliphatic carbocycles. The van der Waals surface area contributed by atoms with E-state index in [0.717, 1.165) is 12.1 Å². The smallest absolute Gasteiger partial charge is 0.416 e. The minimum Gasteiger partial charge on any atom is -0.493 e. The SMILES string of the molecule is COc1ccc(C2CCCN2S(=O)(=O)c2cccc(C(F)(F)F)c2)cc1OC. The van der Waals surface area contributed by atoms with Crippen molar-refractivity contribution in [3.05, 3.63) is 53.6 Å². The quantitative estimate of drug-likeness (QED) is 0.733. The lowest BCUT2D eigenvalue weighted by Crippen LogP contribution is -2.31. The summed E-state index contributed by atoms with van der Waals surface area (Å²) in [5.41, 5.74) is -0.291. The Kier molecular flexibility index (Phi) is 5.58. The molecule has 1 aliphatic rings. The molecule has 0 radical (unpaired) electrons. The lowest BCUT2D eigenvalue weighted by molar-refractivity contribution is -0.137. The largest absolute Gasteiger partial charge is 0.493 e. The summed E-state index contributed by atoms with van der Waals surface area (Å²) in [6.07, 6.45) is -3.44. The van der Waals surface area contributed by atoms with E-state index in [4.69, 9.17) is 9.47 Å². The molecule has 0 aromatic heterocycles.